The molecular weight excluding hydrogens is 316 g/mol. The van der Waals surface area contributed by atoms with Gasteiger partial charge >= 0.3 is 6.09 Å². The van der Waals surface area contributed by atoms with Crippen molar-refractivity contribution in [1.29, 1.82) is 0 Å². The number of benzene rings is 1. The molecule has 0 unspecified atom stereocenters. The molecule has 2 amide bonds. The van der Waals surface area contributed by atoms with Crippen molar-refractivity contribution in [3.8, 4) is 0 Å². The van der Waals surface area contributed by atoms with Gasteiger partial charge in [0, 0.05) is 12.3 Å². The molecule has 0 spiro atoms. The highest BCUT2D eigenvalue weighted by Gasteiger charge is 2.04. The molecular formula is C15H16N4O3S. The number of amides is 2. The Balaban J connectivity index is 1.86. The fourth-order valence-corrected chi connectivity index (χ4v) is 2.60. The van der Waals surface area contributed by atoms with Crippen LogP contribution in [0.3, 0.4) is 0 Å². The molecule has 0 aliphatic heterocycles. The van der Waals surface area contributed by atoms with E-state index >= 15 is 0 Å². The maximum atomic E-state index is 11.0. The SMILES string of the molecule is CC(=O)Nc1nc(CCc2ccc(N=CNC(=O)O)cc2)cs1. The van der Waals surface area contributed by atoms with Crippen molar-refractivity contribution in [3.63, 3.8) is 0 Å². The monoisotopic (exact) mass is 332 g/mol. The van der Waals surface area contributed by atoms with E-state index in [-0.39, 0.29) is 5.91 Å². The summed E-state index contributed by atoms with van der Waals surface area (Å²) in [5.74, 6) is -0.126. The summed E-state index contributed by atoms with van der Waals surface area (Å²) in [6.45, 7) is 1.46. The maximum absolute atomic E-state index is 11.0. The summed E-state index contributed by atoms with van der Waals surface area (Å²) < 4.78 is 0. The highest BCUT2D eigenvalue weighted by molar-refractivity contribution is 7.13. The molecule has 2 aromatic rings. The third-order valence-electron chi connectivity index (χ3n) is 2.84. The number of hydrogen-bond donors (Lipinski definition) is 3. The summed E-state index contributed by atoms with van der Waals surface area (Å²) in [6.07, 6.45) is 1.59. The van der Waals surface area contributed by atoms with Gasteiger partial charge in [-0.05, 0) is 30.5 Å². The molecule has 2 rings (SSSR count). The van der Waals surface area contributed by atoms with Crippen LogP contribution in [0.2, 0.25) is 0 Å². The molecule has 0 fully saturated rings. The number of aryl methyl sites for hydroxylation is 2. The lowest BCUT2D eigenvalue weighted by molar-refractivity contribution is -0.114. The van der Waals surface area contributed by atoms with Crippen molar-refractivity contribution in [2.75, 3.05) is 5.32 Å². The van der Waals surface area contributed by atoms with E-state index in [1.54, 1.807) is 0 Å². The largest absolute Gasteiger partial charge is 0.465 e. The van der Waals surface area contributed by atoms with E-state index in [0.717, 1.165) is 30.4 Å². The van der Waals surface area contributed by atoms with Crippen LogP contribution in [-0.4, -0.2) is 28.4 Å². The van der Waals surface area contributed by atoms with Gasteiger partial charge in [0.25, 0.3) is 0 Å². The van der Waals surface area contributed by atoms with E-state index in [1.807, 2.05) is 29.6 Å². The summed E-state index contributed by atoms with van der Waals surface area (Å²) >= 11 is 1.41. The minimum atomic E-state index is -1.15. The zero-order valence-electron chi connectivity index (χ0n) is 12.4. The lowest BCUT2D eigenvalue weighted by atomic mass is 10.1. The van der Waals surface area contributed by atoms with Crippen LogP contribution in [0, 0.1) is 0 Å². The second kappa shape index (κ2) is 8.04. The Morgan fingerprint density at radius 2 is 2.04 bits per heavy atom. The summed E-state index contributed by atoms with van der Waals surface area (Å²) in [7, 11) is 0. The van der Waals surface area contributed by atoms with Crippen LogP contribution in [0.25, 0.3) is 0 Å². The normalized spacial score (nSPS) is 10.7. The minimum absolute atomic E-state index is 0.126. The number of nitrogens with one attached hydrogen (secondary N) is 2. The first-order valence-electron chi connectivity index (χ1n) is 6.86. The van der Waals surface area contributed by atoms with Crippen molar-refractivity contribution in [2.24, 2.45) is 4.99 Å². The van der Waals surface area contributed by atoms with Gasteiger partial charge in [-0.1, -0.05) is 12.1 Å². The highest BCUT2D eigenvalue weighted by Crippen LogP contribution is 2.18. The molecule has 1 heterocycles. The summed E-state index contributed by atoms with van der Waals surface area (Å²) in [5, 5.41) is 15.7. The quantitative estimate of drug-likeness (QED) is 0.559. The van der Waals surface area contributed by atoms with E-state index in [4.69, 9.17) is 5.11 Å². The molecule has 1 aromatic heterocycles. The molecule has 1 aromatic carbocycles. The number of nitrogens with zero attached hydrogens (tertiary/aromatic N) is 2. The number of thiazole rings is 1. The number of carboxylic acid groups (broad SMARTS) is 1. The Hall–Kier alpha value is -2.74. The standard InChI is InChI=1S/C15H16N4O3S/c1-10(20)18-14-19-13(8-23-14)7-4-11-2-5-12(6-3-11)16-9-17-15(21)22/h2-3,5-6,8-9H,4,7H2,1H3,(H,16,17)(H,21,22)(H,18,19,20). The van der Waals surface area contributed by atoms with Gasteiger partial charge in [0.2, 0.25) is 5.91 Å². The molecule has 23 heavy (non-hydrogen) atoms. The first-order chi connectivity index (χ1) is 11.0. The molecule has 0 aliphatic carbocycles. The Bertz CT molecular complexity index is 710. The molecule has 120 valence electrons. The second-order valence-electron chi connectivity index (χ2n) is 4.70. The van der Waals surface area contributed by atoms with E-state index in [9.17, 15) is 9.59 Å². The number of aliphatic imine (C=N–C) groups is 1. The zero-order valence-corrected chi connectivity index (χ0v) is 13.3. The van der Waals surface area contributed by atoms with Crippen molar-refractivity contribution < 1.29 is 14.7 Å². The number of hydrogen-bond acceptors (Lipinski definition) is 5. The van der Waals surface area contributed by atoms with Crippen molar-refractivity contribution >= 4 is 40.5 Å². The predicted octanol–water partition coefficient (Wildman–Crippen LogP) is 2.81. The van der Waals surface area contributed by atoms with E-state index in [0.29, 0.717) is 10.8 Å². The Morgan fingerprint density at radius 1 is 1.30 bits per heavy atom. The predicted molar refractivity (Wildman–Crippen MR) is 89.6 cm³/mol. The van der Waals surface area contributed by atoms with Crippen molar-refractivity contribution in [2.45, 2.75) is 19.8 Å². The van der Waals surface area contributed by atoms with E-state index in [2.05, 4.69) is 20.6 Å². The molecule has 0 radical (unpaired) electrons. The van der Waals surface area contributed by atoms with Gasteiger partial charge in [0.15, 0.2) is 5.13 Å². The van der Waals surface area contributed by atoms with Crippen LogP contribution in [0.1, 0.15) is 18.2 Å². The number of carbonyl (C=O) groups is 2. The Morgan fingerprint density at radius 3 is 2.70 bits per heavy atom. The minimum Gasteiger partial charge on any atom is -0.465 e. The number of anilines is 1. The molecule has 0 atom stereocenters. The number of carbonyl (C=O) groups excluding carboxylic acids is 1. The first-order valence-corrected chi connectivity index (χ1v) is 7.74. The van der Waals surface area contributed by atoms with Crippen LogP contribution in [0.4, 0.5) is 15.6 Å². The van der Waals surface area contributed by atoms with Crippen LogP contribution in [0.15, 0.2) is 34.6 Å². The fourth-order valence-electron chi connectivity index (χ4n) is 1.81. The van der Waals surface area contributed by atoms with Gasteiger partial charge in [-0.15, -0.1) is 11.3 Å². The Labute approximate surface area is 137 Å². The first kappa shape index (κ1) is 16.6. The molecule has 0 aliphatic rings. The summed E-state index contributed by atoms with van der Waals surface area (Å²) in [5.41, 5.74) is 2.74. The molecule has 7 nitrogen and oxygen atoms in total. The van der Waals surface area contributed by atoms with Gasteiger partial charge in [-0.25, -0.2) is 14.8 Å². The molecule has 3 N–H and O–H groups in total. The lowest BCUT2D eigenvalue weighted by Crippen LogP contribution is -2.17. The molecule has 0 saturated heterocycles. The van der Waals surface area contributed by atoms with Gasteiger partial charge in [0.1, 0.15) is 0 Å². The van der Waals surface area contributed by atoms with Crippen LogP contribution in [-0.2, 0) is 17.6 Å². The average Bonchev–Trinajstić information content (AvgIpc) is 2.93. The van der Waals surface area contributed by atoms with Gasteiger partial charge in [-0.2, -0.15) is 0 Å². The van der Waals surface area contributed by atoms with Gasteiger partial charge < -0.3 is 10.4 Å². The molecule has 8 heteroatoms. The molecule has 0 bridgehead atoms. The fraction of sp³-hybridized carbons (Fsp3) is 0.200. The van der Waals surface area contributed by atoms with Crippen LogP contribution < -0.4 is 10.6 Å². The third-order valence-corrected chi connectivity index (χ3v) is 3.65. The van der Waals surface area contributed by atoms with Crippen LogP contribution >= 0.6 is 11.3 Å². The van der Waals surface area contributed by atoms with Crippen molar-refractivity contribution in [3.05, 3.63) is 40.9 Å². The van der Waals surface area contributed by atoms with E-state index < -0.39 is 6.09 Å². The zero-order chi connectivity index (χ0) is 16.7. The number of rotatable bonds is 6. The maximum Gasteiger partial charge on any atom is 0.409 e. The summed E-state index contributed by atoms with van der Waals surface area (Å²) in [6, 6.07) is 7.52. The topological polar surface area (TPSA) is 104 Å². The highest BCUT2D eigenvalue weighted by atomic mass is 32.1. The average molecular weight is 332 g/mol. The Kier molecular flexibility index (Phi) is 5.81. The number of aromatic nitrogens is 1. The third kappa shape index (κ3) is 5.87. The molecule has 0 saturated carbocycles. The van der Waals surface area contributed by atoms with E-state index in [1.165, 1.54) is 18.3 Å². The lowest BCUT2D eigenvalue weighted by Gasteiger charge is -2.00. The van der Waals surface area contributed by atoms with Crippen molar-refractivity contribution in [1.82, 2.24) is 10.3 Å². The second-order valence-corrected chi connectivity index (χ2v) is 5.56. The van der Waals surface area contributed by atoms with Gasteiger partial charge in [0.05, 0.1) is 17.7 Å². The summed E-state index contributed by atoms with van der Waals surface area (Å²) in [4.78, 5) is 29.6. The smallest absolute Gasteiger partial charge is 0.409 e. The van der Waals surface area contributed by atoms with Crippen LogP contribution in [0.5, 0.6) is 0 Å². The van der Waals surface area contributed by atoms with Gasteiger partial charge in [-0.3, -0.25) is 10.1 Å².